The summed E-state index contributed by atoms with van der Waals surface area (Å²) in [6.07, 6.45) is -1.98. The van der Waals surface area contributed by atoms with Crippen molar-refractivity contribution in [3.8, 4) is 0 Å². The Kier molecular flexibility index (Phi) is 5.31. The van der Waals surface area contributed by atoms with Crippen molar-refractivity contribution >= 4 is 0 Å². The van der Waals surface area contributed by atoms with E-state index in [1.165, 1.54) is 0 Å². The van der Waals surface area contributed by atoms with Crippen LogP contribution in [0.15, 0.2) is 24.3 Å². The lowest BCUT2D eigenvalue weighted by atomic mass is 9.75. The van der Waals surface area contributed by atoms with Crippen LogP contribution in [-0.4, -0.2) is 12.7 Å². The quantitative estimate of drug-likeness (QED) is 0.823. The molecular weight excluding hydrogens is 275 g/mol. The van der Waals surface area contributed by atoms with Gasteiger partial charge in [-0.05, 0) is 44.2 Å². The van der Waals surface area contributed by atoms with E-state index >= 15 is 0 Å². The molecule has 1 N–H and O–H groups in total. The van der Waals surface area contributed by atoms with Crippen molar-refractivity contribution in [1.82, 2.24) is 5.32 Å². The van der Waals surface area contributed by atoms with E-state index in [1.54, 1.807) is 0 Å². The second-order valence-electron chi connectivity index (χ2n) is 6.11. The summed E-state index contributed by atoms with van der Waals surface area (Å²) in [5.74, 6) is -1.07. The fourth-order valence-corrected chi connectivity index (χ4v) is 3.47. The Balaban J connectivity index is 2.18. The molecule has 118 valence electrons. The van der Waals surface area contributed by atoms with Crippen LogP contribution < -0.4 is 5.32 Å². The van der Waals surface area contributed by atoms with E-state index in [1.807, 2.05) is 32.0 Å². The molecule has 0 heterocycles. The number of aryl methyl sites for hydroxylation is 1. The van der Waals surface area contributed by atoms with Crippen molar-refractivity contribution in [3.63, 3.8) is 0 Å². The minimum atomic E-state index is -4.05. The zero-order valence-electron chi connectivity index (χ0n) is 12.7. The van der Waals surface area contributed by atoms with E-state index in [0.717, 1.165) is 24.1 Å². The van der Waals surface area contributed by atoms with Gasteiger partial charge in [0.2, 0.25) is 0 Å². The molecule has 0 bridgehead atoms. The average Bonchev–Trinajstić information content (AvgIpc) is 2.44. The number of rotatable bonds is 4. The zero-order valence-corrected chi connectivity index (χ0v) is 12.7. The fourth-order valence-electron chi connectivity index (χ4n) is 3.47. The number of halogens is 3. The van der Waals surface area contributed by atoms with Gasteiger partial charge in [-0.1, -0.05) is 43.2 Å². The molecule has 1 fully saturated rings. The smallest absolute Gasteiger partial charge is 0.310 e. The molecule has 21 heavy (non-hydrogen) atoms. The highest BCUT2D eigenvalue weighted by Gasteiger charge is 2.43. The number of alkyl halides is 3. The Hall–Kier alpha value is -1.03. The first-order valence-electron chi connectivity index (χ1n) is 7.78. The first-order chi connectivity index (χ1) is 9.91. The van der Waals surface area contributed by atoms with Gasteiger partial charge in [-0.2, -0.15) is 13.2 Å². The largest absolute Gasteiger partial charge is 0.391 e. The molecule has 3 atom stereocenters. The molecule has 0 radical (unpaired) electrons. The fraction of sp³-hybridized carbons (Fsp3) is 0.647. The molecule has 0 amide bonds. The normalized spacial score (nSPS) is 24.8. The predicted octanol–water partition coefficient (Wildman–Crippen LogP) is 5.01. The average molecular weight is 299 g/mol. The molecule has 1 aliphatic carbocycles. The van der Waals surface area contributed by atoms with Crippen LogP contribution in [0.1, 0.15) is 49.8 Å². The van der Waals surface area contributed by atoms with Crippen LogP contribution in [0.25, 0.3) is 0 Å². The van der Waals surface area contributed by atoms with Crippen molar-refractivity contribution in [2.75, 3.05) is 6.54 Å². The maximum atomic E-state index is 13.0. The topological polar surface area (TPSA) is 12.0 Å². The van der Waals surface area contributed by atoms with Crippen LogP contribution in [0.4, 0.5) is 13.2 Å². The van der Waals surface area contributed by atoms with E-state index in [4.69, 9.17) is 0 Å². The van der Waals surface area contributed by atoms with Gasteiger partial charge in [-0.3, -0.25) is 0 Å². The number of benzene rings is 1. The maximum absolute atomic E-state index is 13.0. The Bertz CT molecular complexity index is 456. The summed E-state index contributed by atoms with van der Waals surface area (Å²) in [7, 11) is 0. The van der Waals surface area contributed by atoms with Gasteiger partial charge in [0.15, 0.2) is 0 Å². The van der Waals surface area contributed by atoms with Crippen LogP contribution in [0.5, 0.6) is 0 Å². The van der Waals surface area contributed by atoms with E-state index in [2.05, 4.69) is 11.4 Å². The lowest BCUT2D eigenvalue weighted by Gasteiger charge is -2.36. The van der Waals surface area contributed by atoms with Crippen molar-refractivity contribution in [1.29, 1.82) is 0 Å². The van der Waals surface area contributed by atoms with Gasteiger partial charge in [-0.15, -0.1) is 0 Å². The van der Waals surface area contributed by atoms with Gasteiger partial charge in [0.25, 0.3) is 0 Å². The standard InChI is InChI=1S/C17H24F3N/c1-3-21-16(13-7-4-6-12(2)10-13)14-8-5-9-15(11-14)17(18,19)20/h4,6-7,10,14-16,21H,3,5,8-9,11H2,1-2H3. The third-order valence-corrected chi connectivity index (χ3v) is 4.47. The van der Waals surface area contributed by atoms with Gasteiger partial charge in [0.1, 0.15) is 0 Å². The maximum Gasteiger partial charge on any atom is 0.391 e. The summed E-state index contributed by atoms with van der Waals surface area (Å²) in [4.78, 5) is 0. The summed E-state index contributed by atoms with van der Waals surface area (Å²) in [6.45, 7) is 4.80. The Labute approximate surface area is 124 Å². The van der Waals surface area contributed by atoms with Gasteiger partial charge in [0, 0.05) is 6.04 Å². The van der Waals surface area contributed by atoms with Crippen LogP contribution >= 0.6 is 0 Å². The van der Waals surface area contributed by atoms with Crippen molar-refractivity contribution in [2.45, 2.75) is 51.7 Å². The third kappa shape index (κ3) is 4.22. The van der Waals surface area contributed by atoms with Gasteiger partial charge in [-0.25, -0.2) is 0 Å². The SMILES string of the molecule is CCNC(c1cccc(C)c1)C1CCCC(C(F)(F)F)C1. The molecule has 0 spiro atoms. The minimum absolute atomic E-state index is 0.0278. The van der Waals surface area contributed by atoms with Gasteiger partial charge < -0.3 is 5.32 Å². The molecule has 0 aliphatic heterocycles. The van der Waals surface area contributed by atoms with E-state index < -0.39 is 12.1 Å². The molecule has 1 aromatic rings. The molecule has 0 saturated heterocycles. The number of nitrogens with one attached hydrogen (secondary N) is 1. The lowest BCUT2D eigenvalue weighted by molar-refractivity contribution is -0.186. The minimum Gasteiger partial charge on any atom is -0.310 e. The van der Waals surface area contributed by atoms with Crippen LogP contribution in [-0.2, 0) is 0 Å². The molecule has 1 saturated carbocycles. The number of hydrogen-bond acceptors (Lipinski definition) is 1. The van der Waals surface area contributed by atoms with E-state index in [0.29, 0.717) is 6.42 Å². The molecule has 1 nitrogen and oxygen atoms in total. The Morgan fingerprint density at radius 1 is 1.29 bits per heavy atom. The second kappa shape index (κ2) is 6.82. The second-order valence-corrected chi connectivity index (χ2v) is 6.11. The highest BCUT2D eigenvalue weighted by Crippen LogP contribution is 2.43. The highest BCUT2D eigenvalue weighted by atomic mass is 19.4. The molecule has 0 aromatic heterocycles. The predicted molar refractivity (Wildman–Crippen MR) is 79.1 cm³/mol. The van der Waals surface area contributed by atoms with Crippen molar-refractivity contribution < 1.29 is 13.2 Å². The highest BCUT2D eigenvalue weighted by molar-refractivity contribution is 5.25. The molecule has 4 heteroatoms. The Morgan fingerprint density at radius 2 is 2.05 bits per heavy atom. The first kappa shape index (κ1) is 16.3. The summed E-state index contributed by atoms with van der Waals surface area (Å²) < 4.78 is 39.0. The molecule has 1 aromatic carbocycles. The van der Waals surface area contributed by atoms with Gasteiger partial charge >= 0.3 is 6.18 Å². The van der Waals surface area contributed by atoms with Crippen molar-refractivity contribution in [3.05, 3.63) is 35.4 Å². The summed E-state index contributed by atoms with van der Waals surface area (Å²) >= 11 is 0. The number of hydrogen-bond donors (Lipinski definition) is 1. The van der Waals surface area contributed by atoms with Crippen LogP contribution in [0.3, 0.4) is 0 Å². The van der Waals surface area contributed by atoms with Crippen LogP contribution in [0, 0.1) is 18.8 Å². The Morgan fingerprint density at radius 3 is 2.67 bits per heavy atom. The summed E-state index contributed by atoms with van der Waals surface area (Å²) in [6, 6.07) is 8.15. The van der Waals surface area contributed by atoms with E-state index in [-0.39, 0.29) is 24.8 Å². The molecular formula is C17H24F3N. The monoisotopic (exact) mass is 299 g/mol. The zero-order chi connectivity index (χ0) is 15.5. The molecule has 3 unspecified atom stereocenters. The molecule has 2 rings (SSSR count). The molecule has 1 aliphatic rings. The summed E-state index contributed by atoms with van der Waals surface area (Å²) in [5, 5.41) is 3.40. The summed E-state index contributed by atoms with van der Waals surface area (Å²) in [5.41, 5.74) is 2.27. The first-order valence-corrected chi connectivity index (χ1v) is 7.78. The third-order valence-electron chi connectivity index (χ3n) is 4.47. The van der Waals surface area contributed by atoms with E-state index in [9.17, 15) is 13.2 Å². The van der Waals surface area contributed by atoms with Crippen molar-refractivity contribution in [2.24, 2.45) is 11.8 Å². The van der Waals surface area contributed by atoms with Gasteiger partial charge in [0.05, 0.1) is 5.92 Å². The van der Waals surface area contributed by atoms with Crippen LogP contribution in [0.2, 0.25) is 0 Å². The lowest BCUT2D eigenvalue weighted by Crippen LogP contribution is -2.35.